The molecule has 0 atom stereocenters. The van der Waals surface area contributed by atoms with E-state index in [1.807, 2.05) is 36.4 Å². The van der Waals surface area contributed by atoms with Crippen LogP contribution in [0.4, 0.5) is 0 Å². The van der Waals surface area contributed by atoms with E-state index in [-0.39, 0.29) is 16.1 Å². The molecule has 0 radical (unpaired) electrons. The van der Waals surface area contributed by atoms with E-state index in [1.165, 1.54) is 12.1 Å². The van der Waals surface area contributed by atoms with Gasteiger partial charge in [0, 0.05) is 5.41 Å². The predicted molar refractivity (Wildman–Crippen MR) is 102 cm³/mol. The Kier molecular flexibility index (Phi) is 5.00. The molecule has 3 rings (SSSR count). The Morgan fingerprint density at radius 1 is 0.731 bits per heavy atom. The molecule has 0 aliphatic heterocycles. The fourth-order valence-electron chi connectivity index (χ4n) is 2.76. The molecule has 1 N–H and O–H groups in total. The molecular weight excluding hydrogens is 348 g/mol. The minimum Gasteiger partial charge on any atom is -0.508 e. The van der Waals surface area contributed by atoms with Gasteiger partial charge in [-0.3, -0.25) is 0 Å². The van der Waals surface area contributed by atoms with E-state index < -0.39 is 10.7 Å². The number of phenols is 1. The summed E-state index contributed by atoms with van der Waals surface area (Å²) in [5.41, 5.74) is 2.01. The molecule has 4 nitrogen and oxygen atoms in total. The molecule has 0 spiro atoms. The van der Waals surface area contributed by atoms with Gasteiger partial charge in [-0.1, -0.05) is 38.1 Å². The summed E-state index contributed by atoms with van der Waals surface area (Å²) in [5, 5.41) is 9.47. The van der Waals surface area contributed by atoms with Gasteiger partial charge in [0.2, 0.25) is 0 Å². The Bertz CT molecular complexity index is 946. The number of thiol groups is 1. The Morgan fingerprint density at radius 3 is 1.62 bits per heavy atom. The minimum atomic E-state index is -2.58. The average Bonchev–Trinajstić information content (AvgIpc) is 2.63. The highest BCUT2D eigenvalue weighted by molar-refractivity contribution is 7.72. The first-order chi connectivity index (χ1) is 12.4. The van der Waals surface area contributed by atoms with Crippen LogP contribution < -0.4 is 4.74 Å². The number of ether oxygens (including phenoxy) is 1. The molecule has 3 aromatic carbocycles. The van der Waals surface area contributed by atoms with Crippen molar-refractivity contribution < 1.29 is 18.3 Å². The van der Waals surface area contributed by atoms with Crippen molar-refractivity contribution in [3.8, 4) is 17.2 Å². The third kappa shape index (κ3) is 3.89. The molecule has 26 heavy (non-hydrogen) atoms. The number of aromatic hydroxyl groups is 1. The second-order valence-corrected chi connectivity index (χ2v) is 7.58. The molecule has 0 unspecified atom stereocenters. The van der Waals surface area contributed by atoms with Crippen LogP contribution in [0.2, 0.25) is 0 Å². The lowest BCUT2D eigenvalue weighted by Crippen LogP contribution is -2.18. The van der Waals surface area contributed by atoms with Crippen molar-refractivity contribution in [2.75, 3.05) is 0 Å². The van der Waals surface area contributed by atoms with Crippen LogP contribution in [-0.2, 0) is 16.1 Å². The summed E-state index contributed by atoms with van der Waals surface area (Å²) in [6.07, 6.45) is 0. The highest BCUT2D eigenvalue weighted by Gasteiger charge is 2.23. The van der Waals surface area contributed by atoms with E-state index in [9.17, 15) is 13.5 Å². The van der Waals surface area contributed by atoms with Crippen molar-refractivity contribution in [1.29, 1.82) is 0 Å². The topological polar surface area (TPSA) is 63.6 Å². The van der Waals surface area contributed by atoms with E-state index in [4.69, 9.17) is 4.74 Å². The van der Waals surface area contributed by atoms with Crippen LogP contribution in [0.3, 0.4) is 0 Å². The molecule has 0 saturated carbocycles. The normalized spacial score (nSPS) is 11.5. The van der Waals surface area contributed by atoms with Crippen LogP contribution in [0.25, 0.3) is 0 Å². The van der Waals surface area contributed by atoms with Crippen LogP contribution in [0.5, 0.6) is 17.2 Å². The Balaban J connectivity index is 1.78. The zero-order valence-electron chi connectivity index (χ0n) is 14.5. The SMILES string of the molecule is CC(C)(c1ccc(O)cc1)c1ccc(Oc2ccc([SH](=O)=O)cc2)cc1. The Morgan fingerprint density at radius 2 is 1.15 bits per heavy atom. The number of benzene rings is 3. The van der Waals surface area contributed by atoms with Crippen molar-refractivity contribution >= 4 is 10.7 Å². The van der Waals surface area contributed by atoms with Gasteiger partial charge < -0.3 is 9.84 Å². The lowest BCUT2D eigenvalue weighted by molar-refractivity contribution is 0.474. The summed E-state index contributed by atoms with van der Waals surface area (Å²) in [4.78, 5) is 0.262. The van der Waals surface area contributed by atoms with E-state index in [2.05, 4.69) is 13.8 Å². The maximum Gasteiger partial charge on any atom is 0.168 e. The molecular formula is C21H20O4S. The monoisotopic (exact) mass is 368 g/mol. The Labute approximate surface area is 154 Å². The first-order valence-electron chi connectivity index (χ1n) is 8.18. The fraction of sp³-hybridized carbons (Fsp3) is 0.143. The lowest BCUT2D eigenvalue weighted by atomic mass is 9.78. The smallest absolute Gasteiger partial charge is 0.168 e. The molecule has 0 bridgehead atoms. The maximum absolute atomic E-state index is 10.9. The molecule has 0 aromatic heterocycles. The van der Waals surface area contributed by atoms with Crippen LogP contribution in [0, 0.1) is 0 Å². The van der Waals surface area contributed by atoms with Crippen LogP contribution >= 0.6 is 0 Å². The number of phenolic OH excluding ortho intramolecular Hbond substituents is 1. The maximum atomic E-state index is 10.9. The second-order valence-electron chi connectivity index (χ2n) is 6.55. The van der Waals surface area contributed by atoms with Gasteiger partial charge in [0.15, 0.2) is 10.7 Å². The van der Waals surface area contributed by atoms with Gasteiger partial charge in [0.25, 0.3) is 0 Å². The number of hydrogen-bond acceptors (Lipinski definition) is 4. The quantitative estimate of drug-likeness (QED) is 0.652. The summed E-state index contributed by atoms with van der Waals surface area (Å²) in [5.74, 6) is 1.51. The summed E-state index contributed by atoms with van der Waals surface area (Å²) in [7, 11) is -2.58. The third-order valence-electron chi connectivity index (χ3n) is 4.45. The molecule has 0 aliphatic carbocycles. The average molecular weight is 368 g/mol. The van der Waals surface area contributed by atoms with Gasteiger partial charge in [-0.2, -0.15) is 0 Å². The van der Waals surface area contributed by atoms with E-state index in [1.54, 1.807) is 24.3 Å². The van der Waals surface area contributed by atoms with E-state index >= 15 is 0 Å². The first-order valence-corrected chi connectivity index (χ1v) is 9.36. The van der Waals surface area contributed by atoms with Crippen molar-refractivity contribution in [2.24, 2.45) is 0 Å². The summed E-state index contributed by atoms with van der Waals surface area (Å²) in [6, 6.07) is 21.3. The number of hydrogen-bond donors (Lipinski definition) is 2. The van der Waals surface area contributed by atoms with Gasteiger partial charge in [0.05, 0.1) is 4.90 Å². The molecule has 0 fully saturated rings. The summed E-state index contributed by atoms with van der Waals surface area (Å²) < 4.78 is 27.6. The van der Waals surface area contributed by atoms with Gasteiger partial charge in [0.1, 0.15) is 17.2 Å². The number of rotatable bonds is 5. The highest BCUT2D eigenvalue weighted by atomic mass is 32.2. The van der Waals surface area contributed by atoms with Gasteiger partial charge in [-0.25, -0.2) is 8.42 Å². The highest BCUT2D eigenvalue weighted by Crippen LogP contribution is 2.33. The van der Waals surface area contributed by atoms with Gasteiger partial charge in [-0.05, 0) is 59.7 Å². The van der Waals surface area contributed by atoms with Crippen LogP contribution in [0.1, 0.15) is 25.0 Å². The largest absolute Gasteiger partial charge is 0.508 e. The fourth-order valence-corrected chi connectivity index (χ4v) is 3.15. The van der Waals surface area contributed by atoms with Crippen LogP contribution in [-0.4, -0.2) is 13.5 Å². The molecule has 134 valence electrons. The molecule has 5 heteroatoms. The minimum absolute atomic E-state index is 0.215. The van der Waals surface area contributed by atoms with Crippen molar-refractivity contribution in [1.82, 2.24) is 0 Å². The molecule has 0 amide bonds. The molecule has 0 heterocycles. The van der Waals surface area contributed by atoms with Gasteiger partial charge in [-0.15, -0.1) is 0 Å². The third-order valence-corrected chi connectivity index (χ3v) is 5.17. The molecule has 0 aliphatic rings. The zero-order valence-corrected chi connectivity index (χ0v) is 15.4. The van der Waals surface area contributed by atoms with Gasteiger partial charge >= 0.3 is 0 Å². The predicted octanol–water partition coefficient (Wildman–Crippen LogP) is 4.48. The van der Waals surface area contributed by atoms with Crippen LogP contribution in [0.15, 0.2) is 77.7 Å². The second kappa shape index (κ2) is 7.22. The standard InChI is InChI=1S/C21H20O4S/c1-21(2,15-3-7-17(22)8-4-15)16-5-9-18(10-6-16)25-19-11-13-20(14-12-19)26(23)24/h3-14,22,26H,1-2H3. The van der Waals surface area contributed by atoms with E-state index in [0.717, 1.165) is 11.1 Å². The summed E-state index contributed by atoms with van der Waals surface area (Å²) in [6.45, 7) is 4.25. The Hall–Kier alpha value is -2.79. The molecule has 0 saturated heterocycles. The van der Waals surface area contributed by atoms with Crippen molar-refractivity contribution in [2.45, 2.75) is 24.2 Å². The first kappa shape index (κ1) is 18.0. The van der Waals surface area contributed by atoms with Crippen molar-refractivity contribution in [3.05, 3.63) is 83.9 Å². The van der Waals surface area contributed by atoms with E-state index in [0.29, 0.717) is 11.5 Å². The van der Waals surface area contributed by atoms with Crippen molar-refractivity contribution in [3.63, 3.8) is 0 Å². The lowest BCUT2D eigenvalue weighted by Gasteiger charge is -2.26. The zero-order chi connectivity index (χ0) is 18.7. The summed E-state index contributed by atoms with van der Waals surface area (Å²) >= 11 is 0. The molecule has 3 aromatic rings.